The van der Waals surface area contributed by atoms with Gasteiger partial charge >= 0.3 is 0 Å². The number of anilines is 1. The molecule has 2 rings (SSSR count). The first-order valence-electron chi connectivity index (χ1n) is 5.23. The van der Waals surface area contributed by atoms with Crippen LogP contribution in [0, 0.1) is 0 Å². The van der Waals surface area contributed by atoms with E-state index in [4.69, 9.17) is 11.6 Å². The number of carbonyl (C=O) groups is 1. The maximum Gasteiger partial charge on any atom is 0.259 e. The molecule has 0 saturated carbocycles. The van der Waals surface area contributed by atoms with Crippen LogP contribution in [0.1, 0.15) is 10.4 Å². The standard InChI is InChI=1S/C13H10BrClN2O/c1-17(12-6-5-10(14)8-16-12)13(18)9-3-2-4-11(15)7-9/h2-8H,1H3. The normalized spacial score (nSPS) is 10.2. The average Bonchev–Trinajstić information content (AvgIpc) is 2.38. The fraction of sp³-hybridized carbons (Fsp3) is 0.0769. The smallest absolute Gasteiger partial charge is 0.259 e. The van der Waals surface area contributed by atoms with Crippen LogP contribution in [0.15, 0.2) is 47.1 Å². The Morgan fingerprint density at radius 2 is 2.11 bits per heavy atom. The molecular formula is C13H10BrClN2O. The van der Waals surface area contributed by atoms with Crippen LogP contribution in [0.4, 0.5) is 5.82 Å². The van der Waals surface area contributed by atoms with Gasteiger partial charge in [-0.05, 0) is 46.3 Å². The van der Waals surface area contributed by atoms with Gasteiger partial charge in [-0.2, -0.15) is 0 Å². The van der Waals surface area contributed by atoms with E-state index in [-0.39, 0.29) is 5.91 Å². The number of halogens is 2. The minimum atomic E-state index is -0.146. The van der Waals surface area contributed by atoms with Crippen molar-refractivity contribution < 1.29 is 4.79 Å². The molecule has 1 aromatic carbocycles. The van der Waals surface area contributed by atoms with E-state index in [1.54, 1.807) is 43.6 Å². The zero-order valence-corrected chi connectivity index (χ0v) is 11.9. The lowest BCUT2D eigenvalue weighted by atomic mass is 10.2. The predicted octanol–water partition coefficient (Wildman–Crippen LogP) is 3.77. The first kappa shape index (κ1) is 13.1. The summed E-state index contributed by atoms with van der Waals surface area (Å²) in [5, 5.41) is 0.540. The van der Waals surface area contributed by atoms with Crippen molar-refractivity contribution in [2.75, 3.05) is 11.9 Å². The van der Waals surface area contributed by atoms with Crippen molar-refractivity contribution in [1.82, 2.24) is 4.98 Å². The number of pyridine rings is 1. The van der Waals surface area contributed by atoms with Crippen LogP contribution in [0.3, 0.4) is 0 Å². The van der Waals surface area contributed by atoms with Crippen LogP contribution in [0.25, 0.3) is 0 Å². The fourth-order valence-corrected chi connectivity index (χ4v) is 1.91. The second-order valence-electron chi connectivity index (χ2n) is 3.71. The number of hydrogen-bond acceptors (Lipinski definition) is 2. The molecule has 0 N–H and O–H groups in total. The lowest BCUT2D eigenvalue weighted by Crippen LogP contribution is -2.26. The van der Waals surface area contributed by atoms with Crippen molar-refractivity contribution in [2.24, 2.45) is 0 Å². The Morgan fingerprint density at radius 1 is 1.33 bits per heavy atom. The van der Waals surface area contributed by atoms with Gasteiger partial charge in [0, 0.05) is 28.3 Å². The molecule has 1 aromatic heterocycles. The quantitative estimate of drug-likeness (QED) is 0.842. The van der Waals surface area contributed by atoms with Crippen LogP contribution in [-0.2, 0) is 0 Å². The number of carbonyl (C=O) groups excluding carboxylic acids is 1. The van der Waals surface area contributed by atoms with Crippen LogP contribution in [-0.4, -0.2) is 17.9 Å². The number of hydrogen-bond donors (Lipinski definition) is 0. The van der Waals surface area contributed by atoms with E-state index in [1.165, 1.54) is 4.90 Å². The summed E-state index contributed by atoms with van der Waals surface area (Å²) in [5.74, 6) is 0.440. The molecule has 0 saturated heterocycles. The van der Waals surface area contributed by atoms with Crippen LogP contribution < -0.4 is 4.90 Å². The van der Waals surface area contributed by atoms with Gasteiger partial charge in [-0.25, -0.2) is 4.98 Å². The maximum absolute atomic E-state index is 12.2. The van der Waals surface area contributed by atoms with Gasteiger partial charge in [-0.1, -0.05) is 17.7 Å². The zero-order valence-electron chi connectivity index (χ0n) is 9.60. The molecule has 0 spiro atoms. The summed E-state index contributed by atoms with van der Waals surface area (Å²) in [4.78, 5) is 17.9. The zero-order chi connectivity index (χ0) is 13.1. The summed E-state index contributed by atoms with van der Waals surface area (Å²) in [6.07, 6.45) is 1.65. The molecule has 18 heavy (non-hydrogen) atoms. The number of amides is 1. The maximum atomic E-state index is 12.2. The van der Waals surface area contributed by atoms with E-state index < -0.39 is 0 Å². The summed E-state index contributed by atoms with van der Waals surface area (Å²) < 4.78 is 0.870. The molecule has 0 fully saturated rings. The summed E-state index contributed by atoms with van der Waals surface area (Å²) in [5.41, 5.74) is 0.537. The van der Waals surface area contributed by atoms with Gasteiger partial charge in [0.2, 0.25) is 0 Å². The molecule has 0 aliphatic carbocycles. The highest BCUT2D eigenvalue weighted by Crippen LogP contribution is 2.17. The topological polar surface area (TPSA) is 33.2 Å². The Morgan fingerprint density at radius 3 is 2.72 bits per heavy atom. The lowest BCUT2D eigenvalue weighted by Gasteiger charge is -2.16. The van der Waals surface area contributed by atoms with Crippen LogP contribution in [0.2, 0.25) is 5.02 Å². The number of aromatic nitrogens is 1. The molecule has 5 heteroatoms. The molecule has 2 aromatic rings. The molecule has 92 valence electrons. The first-order valence-corrected chi connectivity index (χ1v) is 6.40. The third kappa shape index (κ3) is 2.89. The molecule has 0 atom stereocenters. The van der Waals surface area contributed by atoms with Gasteiger partial charge in [-0.3, -0.25) is 9.69 Å². The van der Waals surface area contributed by atoms with Crippen molar-refractivity contribution in [2.45, 2.75) is 0 Å². The fourth-order valence-electron chi connectivity index (χ4n) is 1.49. The van der Waals surface area contributed by atoms with Gasteiger partial charge in [0.05, 0.1) is 0 Å². The van der Waals surface area contributed by atoms with Crippen molar-refractivity contribution >= 4 is 39.3 Å². The van der Waals surface area contributed by atoms with Gasteiger partial charge in [0.15, 0.2) is 0 Å². The number of benzene rings is 1. The Balaban J connectivity index is 2.26. The SMILES string of the molecule is CN(C(=O)c1cccc(Cl)c1)c1ccc(Br)cn1. The van der Waals surface area contributed by atoms with E-state index >= 15 is 0 Å². The Bertz CT molecular complexity index is 571. The number of rotatable bonds is 2. The second-order valence-corrected chi connectivity index (χ2v) is 5.06. The molecule has 0 aliphatic rings. The minimum absolute atomic E-state index is 0.146. The third-order valence-corrected chi connectivity index (χ3v) is 3.14. The molecule has 0 radical (unpaired) electrons. The summed E-state index contributed by atoms with van der Waals surface area (Å²) in [6.45, 7) is 0. The predicted molar refractivity (Wildman–Crippen MR) is 76.1 cm³/mol. The van der Waals surface area contributed by atoms with E-state index in [0.29, 0.717) is 16.4 Å². The average molecular weight is 326 g/mol. The van der Waals surface area contributed by atoms with Gasteiger partial charge in [0.1, 0.15) is 5.82 Å². The molecule has 0 unspecified atom stereocenters. The summed E-state index contributed by atoms with van der Waals surface area (Å²) in [6, 6.07) is 10.5. The largest absolute Gasteiger partial charge is 0.296 e. The molecule has 0 bridgehead atoms. The highest BCUT2D eigenvalue weighted by atomic mass is 79.9. The second kappa shape index (κ2) is 5.50. The molecule has 1 heterocycles. The van der Waals surface area contributed by atoms with Crippen molar-refractivity contribution in [1.29, 1.82) is 0 Å². The molecular weight excluding hydrogens is 316 g/mol. The highest BCUT2D eigenvalue weighted by Gasteiger charge is 2.14. The minimum Gasteiger partial charge on any atom is -0.296 e. The highest BCUT2D eigenvalue weighted by molar-refractivity contribution is 9.10. The molecule has 3 nitrogen and oxygen atoms in total. The van der Waals surface area contributed by atoms with Gasteiger partial charge in [0.25, 0.3) is 5.91 Å². The van der Waals surface area contributed by atoms with Crippen LogP contribution in [0.5, 0.6) is 0 Å². The Hall–Kier alpha value is -1.39. The van der Waals surface area contributed by atoms with Gasteiger partial charge < -0.3 is 0 Å². The lowest BCUT2D eigenvalue weighted by molar-refractivity contribution is 0.0992. The number of nitrogens with zero attached hydrogens (tertiary/aromatic N) is 2. The van der Waals surface area contributed by atoms with E-state index in [9.17, 15) is 4.79 Å². The van der Waals surface area contributed by atoms with Crippen molar-refractivity contribution in [3.05, 3.63) is 57.7 Å². The van der Waals surface area contributed by atoms with E-state index in [1.807, 2.05) is 6.07 Å². The summed E-state index contributed by atoms with van der Waals surface area (Å²) >= 11 is 9.17. The summed E-state index contributed by atoms with van der Waals surface area (Å²) in [7, 11) is 1.68. The van der Waals surface area contributed by atoms with Crippen LogP contribution >= 0.6 is 27.5 Å². The molecule has 1 amide bonds. The van der Waals surface area contributed by atoms with Crippen molar-refractivity contribution in [3.63, 3.8) is 0 Å². The van der Waals surface area contributed by atoms with E-state index in [2.05, 4.69) is 20.9 Å². The van der Waals surface area contributed by atoms with Gasteiger partial charge in [-0.15, -0.1) is 0 Å². The Kier molecular flexibility index (Phi) is 3.99. The first-order chi connectivity index (χ1) is 8.58. The third-order valence-electron chi connectivity index (χ3n) is 2.43. The monoisotopic (exact) mass is 324 g/mol. The van der Waals surface area contributed by atoms with E-state index in [0.717, 1.165) is 4.47 Å². The van der Waals surface area contributed by atoms with Crippen molar-refractivity contribution in [3.8, 4) is 0 Å². The Labute approximate surface area is 119 Å². The molecule has 0 aliphatic heterocycles.